The van der Waals surface area contributed by atoms with Crippen LogP contribution in [0, 0.1) is 0 Å². The molecular weight excluding hydrogens is 532 g/mol. The van der Waals surface area contributed by atoms with E-state index in [-0.39, 0.29) is 15.6 Å². The summed E-state index contributed by atoms with van der Waals surface area (Å²) in [5, 5.41) is 0. The fourth-order valence-electron chi connectivity index (χ4n) is 5.56. The molecule has 2 aromatic carbocycles. The molecule has 39 heavy (non-hydrogen) atoms. The number of carbonyl (C=O) groups is 1. The van der Waals surface area contributed by atoms with Crippen molar-refractivity contribution in [2.75, 3.05) is 26.2 Å². The van der Waals surface area contributed by atoms with Crippen molar-refractivity contribution >= 4 is 38.0 Å². The second-order valence-corrected chi connectivity index (χ2v) is 14.5. The summed E-state index contributed by atoms with van der Waals surface area (Å²) in [6.45, 7) is 2.26. The Morgan fingerprint density at radius 2 is 0.872 bits per heavy atom. The molecule has 0 N–H and O–H groups in total. The van der Waals surface area contributed by atoms with Gasteiger partial charge in [-0.25, -0.2) is 16.8 Å². The van der Waals surface area contributed by atoms with E-state index in [4.69, 9.17) is 0 Å². The molecule has 1 saturated carbocycles. The second-order valence-electron chi connectivity index (χ2n) is 10.6. The largest absolute Gasteiger partial charge is 0.289 e. The summed E-state index contributed by atoms with van der Waals surface area (Å²) < 4.78 is 54.8. The topological polar surface area (TPSA) is 91.8 Å². The lowest BCUT2D eigenvalue weighted by atomic mass is 9.87. The molecule has 2 saturated heterocycles. The molecule has 2 heterocycles. The summed E-state index contributed by atoms with van der Waals surface area (Å²) in [6, 6.07) is 13.5. The van der Waals surface area contributed by atoms with Crippen molar-refractivity contribution in [2.45, 2.75) is 67.6 Å². The van der Waals surface area contributed by atoms with Gasteiger partial charge >= 0.3 is 0 Å². The molecule has 2 aromatic rings. The summed E-state index contributed by atoms with van der Waals surface area (Å²) in [5.74, 6) is -0.0173. The van der Waals surface area contributed by atoms with E-state index in [1.165, 1.54) is 0 Å². The first-order valence-electron chi connectivity index (χ1n) is 13.9. The number of hydrogen-bond donors (Lipinski definition) is 0. The van der Waals surface area contributed by atoms with Crippen molar-refractivity contribution in [3.05, 3.63) is 70.8 Å². The average Bonchev–Trinajstić information content (AvgIpc) is 2.97. The smallest absolute Gasteiger partial charge is 0.243 e. The summed E-state index contributed by atoms with van der Waals surface area (Å²) in [6.07, 6.45) is 11.6. The third-order valence-corrected chi connectivity index (χ3v) is 11.6. The van der Waals surface area contributed by atoms with Crippen LogP contribution in [0.2, 0.25) is 0 Å². The van der Waals surface area contributed by atoms with Gasteiger partial charge in [-0.2, -0.15) is 8.61 Å². The Kier molecular flexibility index (Phi) is 8.52. The molecule has 0 radical (unpaired) electrons. The molecule has 5 rings (SSSR count). The lowest BCUT2D eigenvalue weighted by molar-refractivity contribution is -0.112. The minimum atomic E-state index is -3.49. The summed E-state index contributed by atoms with van der Waals surface area (Å²) in [4.78, 5) is 13.8. The highest BCUT2D eigenvalue weighted by molar-refractivity contribution is 7.89. The van der Waals surface area contributed by atoms with Crippen LogP contribution in [0.1, 0.15) is 68.9 Å². The Morgan fingerprint density at radius 3 is 1.23 bits per heavy atom. The zero-order valence-electron chi connectivity index (χ0n) is 22.2. The number of Topliss-reactive ketones (excluding diaryl/α,β-unsaturated/α-hetero) is 1. The number of benzene rings is 2. The highest BCUT2D eigenvalue weighted by Crippen LogP contribution is 2.29. The van der Waals surface area contributed by atoms with Gasteiger partial charge in [-0.15, -0.1) is 0 Å². The van der Waals surface area contributed by atoms with Crippen LogP contribution in [0.4, 0.5) is 0 Å². The van der Waals surface area contributed by atoms with E-state index in [1.807, 2.05) is 12.2 Å². The van der Waals surface area contributed by atoms with Gasteiger partial charge in [0.2, 0.25) is 20.0 Å². The maximum absolute atomic E-state index is 13.3. The first-order chi connectivity index (χ1) is 18.7. The standard InChI is InChI=1S/C30H36N2O5S2/c33-30-26(22-24-10-14-28(15-11-24)38(34,35)31-18-3-1-4-19-31)8-7-9-27(30)23-25-12-16-29(17-13-25)39(36,37)32-20-5-2-6-21-32/h10-17,22-23H,1-9,18-21H2/b26-22+,27-23+. The average molecular weight is 569 g/mol. The Balaban J connectivity index is 1.29. The lowest BCUT2D eigenvalue weighted by Gasteiger charge is -2.25. The van der Waals surface area contributed by atoms with E-state index in [9.17, 15) is 21.6 Å². The predicted octanol–water partition coefficient (Wildman–Crippen LogP) is 5.26. The Hall–Kier alpha value is -2.59. The SMILES string of the molecule is O=C1/C(=C/c2ccc(S(=O)(=O)N3CCCCC3)cc2)CCC/C1=C\c1ccc(S(=O)(=O)N2CCCCC2)cc1. The molecule has 0 bridgehead atoms. The van der Waals surface area contributed by atoms with Crippen LogP contribution < -0.4 is 0 Å². The molecule has 0 aromatic heterocycles. The molecule has 208 valence electrons. The Bertz CT molecular complexity index is 1350. The third kappa shape index (κ3) is 6.27. The van der Waals surface area contributed by atoms with E-state index >= 15 is 0 Å². The van der Waals surface area contributed by atoms with Crippen molar-refractivity contribution in [2.24, 2.45) is 0 Å². The summed E-state index contributed by atoms with van der Waals surface area (Å²) in [7, 11) is -6.98. The number of hydrogen-bond acceptors (Lipinski definition) is 5. The zero-order valence-corrected chi connectivity index (χ0v) is 23.9. The van der Waals surface area contributed by atoms with Gasteiger partial charge in [-0.3, -0.25) is 4.79 Å². The van der Waals surface area contributed by atoms with Crippen LogP contribution in [0.5, 0.6) is 0 Å². The van der Waals surface area contributed by atoms with Gasteiger partial charge in [-0.05, 0) is 92.5 Å². The van der Waals surface area contributed by atoms with Crippen LogP contribution in [0.3, 0.4) is 0 Å². The molecular formula is C30H36N2O5S2. The maximum Gasteiger partial charge on any atom is 0.243 e. The van der Waals surface area contributed by atoms with Gasteiger partial charge in [0.1, 0.15) is 0 Å². The first kappa shape index (κ1) is 28.0. The Morgan fingerprint density at radius 1 is 0.513 bits per heavy atom. The van der Waals surface area contributed by atoms with Crippen LogP contribution in [0.25, 0.3) is 12.2 Å². The minimum absolute atomic E-state index is 0.0173. The van der Waals surface area contributed by atoms with E-state index in [0.29, 0.717) is 50.2 Å². The zero-order chi connectivity index (χ0) is 27.5. The number of ketones is 1. The quantitative estimate of drug-likeness (QED) is 0.444. The molecule has 1 aliphatic carbocycles. The highest BCUT2D eigenvalue weighted by Gasteiger charge is 2.27. The van der Waals surface area contributed by atoms with Crippen molar-refractivity contribution in [1.29, 1.82) is 0 Å². The number of allylic oxidation sites excluding steroid dienone is 2. The second kappa shape index (κ2) is 11.9. The van der Waals surface area contributed by atoms with Gasteiger partial charge in [0.05, 0.1) is 9.79 Å². The first-order valence-corrected chi connectivity index (χ1v) is 16.8. The molecule has 3 aliphatic rings. The Labute approximate surface area is 232 Å². The third-order valence-electron chi connectivity index (χ3n) is 7.82. The fourth-order valence-corrected chi connectivity index (χ4v) is 8.60. The van der Waals surface area contributed by atoms with Gasteiger partial charge in [0.15, 0.2) is 5.78 Å². The van der Waals surface area contributed by atoms with Gasteiger partial charge in [0, 0.05) is 37.3 Å². The number of nitrogens with zero attached hydrogens (tertiary/aromatic N) is 2. The molecule has 9 heteroatoms. The minimum Gasteiger partial charge on any atom is -0.289 e. The summed E-state index contributed by atoms with van der Waals surface area (Å²) in [5.41, 5.74) is 2.99. The van der Waals surface area contributed by atoms with Crippen molar-refractivity contribution in [3.8, 4) is 0 Å². The van der Waals surface area contributed by atoms with E-state index in [1.54, 1.807) is 57.1 Å². The monoisotopic (exact) mass is 568 g/mol. The predicted molar refractivity (Wildman–Crippen MR) is 153 cm³/mol. The van der Waals surface area contributed by atoms with E-state index in [0.717, 1.165) is 56.1 Å². The molecule has 0 unspecified atom stereocenters. The number of piperidine rings is 2. The molecule has 0 amide bonds. The van der Waals surface area contributed by atoms with Crippen LogP contribution in [-0.2, 0) is 24.8 Å². The van der Waals surface area contributed by atoms with Gasteiger partial charge in [-0.1, -0.05) is 37.1 Å². The molecule has 0 spiro atoms. The van der Waals surface area contributed by atoms with E-state index < -0.39 is 20.0 Å². The van der Waals surface area contributed by atoms with E-state index in [2.05, 4.69) is 0 Å². The normalized spacial score (nSPS) is 22.4. The lowest BCUT2D eigenvalue weighted by Crippen LogP contribution is -2.35. The molecule has 3 fully saturated rings. The molecule has 0 atom stereocenters. The maximum atomic E-state index is 13.3. The molecule has 2 aliphatic heterocycles. The van der Waals surface area contributed by atoms with Gasteiger partial charge < -0.3 is 0 Å². The van der Waals surface area contributed by atoms with Gasteiger partial charge in [0.25, 0.3) is 0 Å². The number of sulfonamides is 2. The number of carbonyl (C=O) groups excluding carboxylic acids is 1. The van der Waals surface area contributed by atoms with Crippen molar-refractivity contribution in [1.82, 2.24) is 8.61 Å². The van der Waals surface area contributed by atoms with Crippen LogP contribution in [-0.4, -0.2) is 57.4 Å². The fraction of sp³-hybridized carbons (Fsp3) is 0.433. The van der Waals surface area contributed by atoms with Crippen LogP contribution in [0.15, 0.2) is 69.5 Å². The summed E-state index contributed by atoms with van der Waals surface area (Å²) >= 11 is 0. The van der Waals surface area contributed by atoms with Crippen molar-refractivity contribution in [3.63, 3.8) is 0 Å². The van der Waals surface area contributed by atoms with Crippen LogP contribution >= 0.6 is 0 Å². The number of rotatable bonds is 6. The highest BCUT2D eigenvalue weighted by atomic mass is 32.2. The molecule has 7 nitrogen and oxygen atoms in total. The van der Waals surface area contributed by atoms with Crippen molar-refractivity contribution < 1.29 is 21.6 Å².